The van der Waals surface area contributed by atoms with Crippen LogP contribution in [0.2, 0.25) is 0 Å². The van der Waals surface area contributed by atoms with Gasteiger partial charge in [-0.2, -0.15) is 13.2 Å². The van der Waals surface area contributed by atoms with E-state index in [4.69, 9.17) is 0 Å². The van der Waals surface area contributed by atoms with Gasteiger partial charge in [0.2, 0.25) is 0 Å². The monoisotopic (exact) mass is 260 g/mol. The van der Waals surface area contributed by atoms with Gasteiger partial charge in [-0.05, 0) is 23.5 Å². The number of pyridine rings is 1. The van der Waals surface area contributed by atoms with Crippen molar-refractivity contribution in [1.29, 1.82) is 0 Å². The molecule has 0 bridgehead atoms. The van der Waals surface area contributed by atoms with Gasteiger partial charge >= 0.3 is 6.18 Å². The molecule has 2 nitrogen and oxygen atoms in total. The second-order valence-corrected chi connectivity index (χ2v) is 5.55. The maximum Gasteiger partial charge on any atom is 0.419 e. The number of rotatable bonds is 3. The minimum absolute atomic E-state index is 0.0418. The zero-order valence-electron chi connectivity index (χ0n) is 11.1. The largest absolute Gasteiger partial charge is 0.419 e. The van der Waals surface area contributed by atoms with Gasteiger partial charge in [0.15, 0.2) is 0 Å². The lowest BCUT2D eigenvalue weighted by molar-refractivity contribution is -0.137. The lowest BCUT2D eigenvalue weighted by atomic mass is 9.82. The van der Waals surface area contributed by atoms with Crippen LogP contribution in [0.15, 0.2) is 18.3 Å². The van der Waals surface area contributed by atoms with E-state index < -0.39 is 11.7 Å². The molecule has 18 heavy (non-hydrogen) atoms. The van der Waals surface area contributed by atoms with Crippen molar-refractivity contribution in [3.63, 3.8) is 0 Å². The number of nitrogens with one attached hydrogen (secondary N) is 1. The Bertz CT molecular complexity index is 394. The first-order valence-corrected chi connectivity index (χ1v) is 5.88. The molecule has 0 fully saturated rings. The van der Waals surface area contributed by atoms with Crippen molar-refractivity contribution in [2.24, 2.45) is 11.3 Å². The van der Waals surface area contributed by atoms with E-state index in [0.717, 1.165) is 6.07 Å². The van der Waals surface area contributed by atoms with Gasteiger partial charge in [-0.25, -0.2) is 4.98 Å². The van der Waals surface area contributed by atoms with Gasteiger partial charge < -0.3 is 5.32 Å². The van der Waals surface area contributed by atoms with Gasteiger partial charge in [-0.1, -0.05) is 27.7 Å². The first kappa shape index (κ1) is 14.8. The summed E-state index contributed by atoms with van der Waals surface area (Å²) in [5, 5.41) is 2.80. The summed E-state index contributed by atoms with van der Waals surface area (Å²) in [6.07, 6.45) is -3.01. The third-order valence-electron chi connectivity index (χ3n) is 3.17. The van der Waals surface area contributed by atoms with Crippen LogP contribution in [0.5, 0.6) is 0 Å². The molecular formula is C13H19F3N2. The SMILES string of the molecule is CC(CNc1ncccc1C(F)(F)F)C(C)(C)C. The summed E-state index contributed by atoms with van der Waals surface area (Å²) in [5.74, 6) is 0.140. The van der Waals surface area contributed by atoms with Crippen molar-refractivity contribution in [2.45, 2.75) is 33.9 Å². The van der Waals surface area contributed by atoms with Crippen LogP contribution < -0.4 is 5.32 Å². The van der Waals surface area contributed by atoms with E-state index in [-0.39, 0.29) is 17.2 Å². The van der Waals surface area contributed by atoms with Crippen LogP contribution in [-0.2, 0) is 6.18 Å². The molecule has 0 amide bonds. The van der Waals surface area contributed by atoms with E-state index in [9.17, 15) is 13.2 Å². The van der Waals surface area contributed by atoms with Gasteiger partial charge in [-0.15, -0.1) is 0 Å². The summed E-state index contributed by atoms with van der Waals surface area (Å²) in [6.45, 7) is 8.64. The summed E-state index contributed by atoms with van der Waals surface area (Å²) in [6, 6.07) is 2.33. The van der Waals surface area contributed by atoms with Crippen molar-refractivity contribution >= 4 is 5.82 Å². The van der Waals surface area contributed by atoms with Crippen molar-refractivity contribution in [1.82, 2.24) is 4.98 Å². The topological polar surface area (TPSA) is 24.9 Å². The molecule has 0 aliphatic rings. The smallest absolute Gasteiger partial charge is 0.369 e. The quantitative estimate of drug-likeness (QED) is 0.881. The zero-order chi connectivity index (χ0) is 14.0. The predicted octanol–water partition coefficient (Wildman–Crippen LogP) is 4.19. The first-order valence-electron chi connectivity index (χ1n) is 5.88. The van der Waals surface area contributed by atoms with E-state index >= 15 is 0 Å². The molecule has 1 aromatic rings. The number of halogens is 3. The standard InChI is InChI=1S/C13H19F3N2/c1-9(12(2,3)4)8-18-11-10(13(14,15)16)6-5-7-17-11/h5-7,9H,8H2,1-4H3,(H,17,18). The summed E-state index contributed by atoms with van der Waals surface area (Å²) in [5.41, 5.74) is -0.675. The maximum absolute atomic E-state index is 12.7. The summed E-state index contributed by atoms with van der Waals surface area (Å²) in [7, 11) is 0. The minimum atomic E-state index is -4.37. The van der Waals surface area contributed by atoms with Crippen molar-refractivity contribution < 1.29 is 13.2 Å². The summed E-state index contributed by atoms with van der Waals surface area (Å²) in [4.78, 5) is 3.77. The minimum Gasteiger partial charge on any atom is -0.369 e. The van der Waals surface area contributed by atoms with Crippen LogP contribution in [0.25, 0.3) is 0 Å². The Morgan fingerprint density at radius 1 is 1.28 bits per heavy atom. The Morgan fingerprint density at radius 3 is 2.39 bits per heavy atom. The van der Waals surface area contributed by atoms with Crippen LogP contribution in [-0.4, -0.2) is 11.5 Å². The van der Waals surface area contributed by atoms with Gasteiger partial charge in [0, 0.05) is 12.7 Å². The average Bonchev–Trinajstić information content (AvgIpc) is 2.23. The molecule has 102 valence electrons. The second kappa shape index (κ2) is 5.16. The fourth-order valence-corrected chi connectivity index (χ4v) is 1.33. The van der Waals surface area contributed by atoms with Crippen LogP contribution in [0.1, 0.15) is 33.3 Å². The Morgan fingerprint density at radius 2 is 1.89 bits per heavy atom. The average molecular weight is 260 g/mol. The molecule has 1 N–H and O–H groups in total. The predicted molar refractivity (Wildman–Crippen MR) is 66.3 cm³/mol. The molecule has 1 unspecified atom stereocenters. The van der Waals surface area contributed by atoms with Crippen LogP contribution in [0.4, 0.5) is 19.0 Å². The third kappa shape index (κ3) is 3.89. The van der Waals surface area contributed by atoms with Gasteiger partial charge in [0.25, 0.3) is 0 Å². The molecule has 0 spiro atoms. The van der Waals surface area contributed by atoms with Gasteiger partial charge in [-0.3, -0.25) is 0 Å². The molecular weight excluding hydrogens is 241 g/mol. The molecule has 0 saturated heterocycles. The highest BCUT2D eigenvalue weighted by atomic mass is 19.4. The van der Waals surface area contributed by atoms with Gasteiger partial charge in [0.1, 0.15) is 5.82 Å². The Hall–Kier alpha value is -1.26. The highest BCUT2D eigenvalue weighted by Gasteiger charge is 2.34. The third-order valence-corrected chi connectivity index (χ3v) is 3.17. The maximum atomic E-state index is 12.7. The molecule has 5 heteroatoms. The lowest BCUT2D eigenvalue weighted by Gasteiger charge is -2.28. The summed E-state index contributed by atoms with van der Waals surface area (Å²) < 4.78 is 38.2. The fourth-order valence-electron chi connectivity index (χ4n) is 1.33. The van der Waals surface area contributed by atoms with Crippen LogP contribution >= 0.6 is 0 Å². The number of hydrogen-bond acceptors (Lipinski definition) is 2. The Kier molecular flexibility index (Phi) is 4.24. The van der Waals surface area contributed by atoms with Crippen molar-refractivity contribution in [2.75, 3.05) is 11.9 Å². The molecule has 0 aliphatic carbocycles. The number of nitrogens with zero attached hydrogens (tertiary/aromatic N) is 1. The lowest BCUT2D eigenvalue weighted by Crippen LogP contribution is -2.26. The zero-order valence-corrected chi connectivity index (χ0v) is 11.1. The van der Waals surface area contributed by atoms with E-state index in [2.05, 4.69) is 31.1 Å². The number of hydrogen-bond donors (Lipinski definition) is 1. The van der Waals surface area contributed by atoms with E-state index in [1.54, 1.807) is 0 Å². The Labute approximate surface area is 106 Å². The van der Waals surface area contributed by atoms with Crippen molar-refractivity contribution in [3.05, 3.63) is 23.9 Å². The molecule has 0 aliphatic heterocycles. The van der Waals surface area contributed by atoms with E-state index in [1.807, 2.05) is 6.92 Å². The summed E-state index contributed by atoms with van der Waals surface area (Å²) >= 11 is 0. The molecule has 0 saturated carbocycles. The molecule has 0 radical (unpaired) electrons. The molecule has 1 aromatic heterocycles. The highest BCUT2D eigenvalue weighted by Crippen LogP contribution is 2.34. The first-order chi connectivity index (χ1) is 8.12. The normalized spacial score (nSPS) is 14.4. The molecule has 1 heterocycles. The van der Waals surface area contributed by atoms with Crippen LogP contribution in [0, 0.1) is 11.3 Å². The molecule has 1 atom stereocenters. The van der Waals surface area contributed by atoms with Crippen LogP contribution in [0.3, 0.4) is 0 Å². The van der Waals surface area contributed by atoms with E-state index in [0.29, 0.717) is 6.54 Å². The number of alkyl halides is 3. The second-order valence-electron chi connectivity index (χ2n) is 5.55. The van der Waals surface area contributed by atoms with Crippen molar-refractivity contribution in [3.8, 4) is 0 Å². The Balaban J connectivity index is 2.80. The van der Waals surface area contributed by atoms with Gasteiger partial charge in [0.05, 0.1) is 5.56 Å². The number of aromatic nitrogens is 1. The van der Waals surface area contributed by atoms with E-state index in [1.165, 1.54) is 12.3 Å². The molecule has 0 aromatic carbocycles. The number of anilines is 1. The fraction of sp³-hybridized carbons (Fsp3) is 0.615. The highest BCUT2D eigenvalue weighted by molar-refractivity contribution is 5.45. The molecule has 1 rings (SSSR count).